The second-order valence-corrected chi connectivity index (χ2v) is 7.71. The fraction of sp³-hybridized carbons (Fsp3) is 0.909. The number of carbonyl (C=O) groups is 2. The van der Waals surface area contributed by atoms with Gasteiger partial charge in [0.15, 0.2) is 0 Å². The zero-order valence-corrected chi connectivity index (χ0v) is 17.8. The molecule has 0 fully saturated rings. The first-order valence-electron chi connectivity index (χ1n) is 11.4. The number of rotatable bonds is 21. The Labute approximate surface area is 167 Å². The largest absolute Gasteiger partial charge is 0.330 e. The summed E-state index contributed by atoms with van der Waals surface area (Å²) in [5.41, 5.74) is 10.9. The first-order valence-corrected chi connectivity index (χ1v) is 11.4. The molecule has 0 aromatic heterocycles. The van der Waals surface area contributed by atoms with Crippen LogP contribution in [-0.2, 0) is 9.59 Å². The lowest BCUT2D eigenvalue weighted by atomic mass is 10.0. The van der Waals surface area contributed by atoms with Gasteiger partial charge in [0.05, 0.1) is 6.04 Å². The van der Waals surface area contributed by atoms with Gasteiger partial charge in [0.25, 0.3) is 0 Å². The molecule has 0 bridgehead atoms. The average Bonchev–Trinajstić information content (AvgIpc) is 2.68. The molecular formula is C22H45N3O2. The first kappa shape index (κ1) is 26.1. The van der Waals surface area contributed by atoms with Crippen LogP contribution in [0.3, 0.4) is 0 Å². The molecule has 0 saturated heterocycles. The Morgan fingerprint density at radius 3 is 1.81 bits per heavy atom. The van der Waals surface area contributed by atoms with Crippen LogP contribution >= 0.6 is 0 Å². The Morgan fingerprint density at radius 2 is 1.33 bits per heavy atom. The van der Waals surface area contributed by atoms with Crippen molar-refractivity contribution in [2.45, 2.75) is 122 Å². The third kappa shape index (κ3) is 19.6. The van der Waals surface area contributed by atoms with Crippen LogP contribution in [0.1, 0.15) is 116 Å². The van der Waals surface area contributed by atoms with E-state index in [0.29, 0.717) is 19.4 Å². The summed E-state index contributed by atoms with van der Waals surface area (Å²) in [5.74, 6) is -0.0243. The SMILES string of the molecule is CCCCCCCCCCCCCCCC(=O)NNC(C=O)CCCCN. The van der Waals surface area contributed by atoms with Crippen LogP contribution in [-0.4, -0.2) is 24.8 Å². The zero-order chi connectivity index (χ0) is 20.0. The Bertz CT molecular complexity index is 338. The van der Waals surface area contributed by atoms with Gasteiger partial charge in [-0.3, -0.25) is 10.2 Å². The Hall–Kier alpha value is -0.940. The standard InChI is InChI=1S/C22H45N3O2/c1-2-3-4-5-6-7-8-9-10-11-12-13-14-18-22(27)25-24-21(20-26)17-15-16-19-23/h20-21,24H,2-19,23H2,1H3,(H,25,27). The van der Waals surface area contributed by atoms with Crippen LogP contribution in [0.15, 0.2) is 0 Å². The van der Waals surface area contributed by atoms with E-state index in [9.17, 15) is 9.59 Å². The molecule has 0 aliphatic carbocycles. The monoisotopic (exact) mass is 383 g/mol. The van der Waals surface area contributed by atoms with E-state index in [2.05, 4.69) is 17.8 Å². The molecule has 160 valence electrons. The van der Waals surface area contributed by atoms with Gasteiger partial charge in [-0.05, 0) is 25.8 Å². The molecule has 0 aromatic rings. The van der Waals surface area contributed by atoms with Gasteiger partial charge in [0, 0.05) is 6.42 Å². The van der Waals surface area contributed by atoms with Gasteiger partial charge in [0.1, 0.15) is 6.29 Å². The maximum Gasteiger partial charge on any atom is 0.234 e. The molecule has 0 aliphatic heterocycles. The molecule has 1 unspecified atom stereocenters. The maximum absolute atomic E-state index is 11.8. The van der Waals surface area contributed by atoms with Crippen molar-refractivity contribution in [2.24, 2.45) is 5.73 Å². The summed E-state index contributed by atoms with van der Waals surface area (Å²) in [5, 5.41) is 0. The van der Waals surface area contributed by atoms with Crippen molar-refractivity contribution in [3.63, 3.8) is 0 Å². The normalized spacial score (nSPS) is 12.1. The van der Waals surface area contributed by atoms with E-state index < -0.39 is 0 Å². The minimum absolute atomic E-state index is 0.0243. The van der Waals surface area contributed by atoms with Gasteiger partial charge in [-0.15, -0.1) is 0 Å². The molecule has 0 radical (unpaired) electrons. The lowest BCUT2D eigenvalue weighted by Gasteiger charge is -2.13. The van der Waals surface area contributed by atoms with E-state index in [1.165, 1.54) is 70.6 Å². The molecule has 0 rings (SSSR count). The third-order valence-corrected chi connectivity index (χ3v) is 5.04. The van der Waals surface area contributed by atoms with Crippen molar-refractivity contribution in [2.75, 3.05) is 6.54 Å². The number of unbranched alkanes of at least 4 members (excludes halogenated alkanes) is 13. The maximum atomic E-state index is 11.8. The smallest absolute Gasteiger partial charge is 0.234 e. The molecule has 0 aliphatic rings. The van der Waals surface area contributed by atoms with Gasteiger partial charge in [-0.1, -0.05) is 90.4 Å². The Morgan fingerprint density at radius 1 is 0.815 bits per heavy atom. The fourth-order valence-corrected chi connectivity index (χ4v) is 3.22. The molecule has 0 saturated carbocycles. The van der Waals surface area contributed by atoms with Gasteiger partial charge in [-0.25, -0.2) is 5.43 Å². The highest BCUT2D eigenvalue weighted by Crippen LogP contribution is 2.12. The molecule has 5 nitrogen and oxygen atoms in total. The summed E-state index contributed by atoms with van der Waals surface area (Å²) in [4.78, 5) is 22.7. The summed E-state index contributed by atoms with van der Waals surface area (Å²) in [6.07, 6.45) is 20.8. The number of amides is 1. The molecule has 1 atom stereocenters. The average molecular weight is 384 g/mol. The highest BCUT2D eigenvalue weighted by atomic mass is 16.2. The van der Waals surface area contributed by atoms with Crippen LogP contribution in [0.4, 0.5) is 0 Å². The highest BCUT2D eigenvalue weighted by molar-refractivity contribution is 5.75. The molecular weight excluding hydrogens is 338 g/mol. The number of hydrogen-bond acceptors (Lipinski definition) is 4. The second-order valence-electron chi connectivity index (χ2n) is 7.71. The molecule has 0 aromatic carbocycles. The van der Waals surface area contributed by atoms with E-state index in [0.717, 1.165) is 32.0 Å². The molecule has 0 spiro atoms. The van der Waals surface area contributed by atoms with Gasteiger partial charge < -0.3 is 10.5 Å². The van der Waals surface area contributed by atoms with Crippen molar-refractivity contribution < 1.29 is 9.59 Å². The number of hydrazine groups is 1. The van der Waals surface area contributed by atoms with Gasteiger partial charge in [-0.2, -0.15) is 0 Å². The van der Waals surface area contributed by atoms with Crippen LogP contribution in [0, 0.1) is 0 Å². The van der Waals surface area contributed by atoms with Crippen molar-refractivity contribution in [1.82, 2.24) is 10.9 Å². The second kappa shape index (κ2) is 21.4. The minimum Gasteiger partial charge on any atom is -0.330 e. The van der Waals surface area contributed by atoms with Gasteiger partial charge in [0.2, 0.25) is 5.91 Å². The molecule has 27 heavy (non-hydrogen) atoms. The van der Waals surface area contributed by atoms with Crippen LogP contribution in [0.2, 0.25) is 0 Å². The Balaban J connectivity index is 3.34. The quantitative estimate of drug-likeness (QED) is 0.151. The summed E-state index contributed by atoms with van der Waals surface area (Å²) in [6, 6.07) is -0.313. The van der Waals surface area contributed by atoms with Crippen molar-refractivity contribution in [3.05, 3.63) is 0 Å². The van der Waals surface area contributed by atoms with E-state index in [1.54, 1.807) is 0 Å². The van der Waals surface area contributed by atoms with Crippen LogP contribution in [0.5, 0.6) is 0 Å². The van der Waals surface area contributed by atoms with Crippen LogP contribution in [0.25, 0.3) is 0 Å². The number of aldehydes is 1. The first-order chi connectivity index (χ1) is 13.2. The van der Waals surface area contributed by atoms with Crippen molar-refractivity contribution >= 4 is 12.2 Å². The van der Waals surface area contributed by atoms with Crippen LogP contribution < -0.4 is 16.6 Å². The summed E-state index contributed by atoms with van der Waals surface area (Å²) >= 11 is 0. The lowest BCUT2D eigenvalue weighted by molar-refractivity contribution is -0.122. The Kier molecular flexibility index (Phi) is 20.6. The van der Waals surface area contributed by atoms with Gasteiger partial charge >= 0.3 is 0 Å². The fourth-order valence-electron chi connectivity index (χ4n) is 3.22. The summed E-state index contributed by atoms with van der Waals surface area (Å²) < 4.78 is 0. The number of nitrogens with one attached hydrogen (secondary N) is 2. The lowest BCUT2D eigenvalue weighted by Crippen LogP contribution is -2.45. The van der Waals surface area contributed by atoms with E-state index >= 15 is 0 Å². The third-order valence-electron chi connectivity index (χ3n) is 5.04. The number of hydrogen-bond donors (Lipinski definition) is 3. The molecule has 1 amide bonds. The topological polar surface area (TPSA) is 84.2 Å². The minimum atomic E-state index is -0.313. The van der Waals surface area contributed by atoms with E-state index in [1.807, 2.05) is 0 Å². The van der Waals surface area contributed by atoms with Crippen molar-refractivity contribution in [1.29, 1.82) is 0 Å². The number of nitrogens with two attached hydrogens (primary N) is 1. The predicted molar refractivity (Wildman–Crippen MR) is 114 cm³/mol. The zero-order valence-electron chi connectivity index (χ0n) is 17.8. The van der Waals surface area contributed by atoms with E-state index in [-0.39, 0.29) is 11.9 Å². The molecule has 0 heterocycles. The summed E-state index contributed by atoms with van der Waals surface area (Å²) in [6.45, 7) is 2.90. The van der Waals surface area contributed by atoms with E-state index in [4.69, 9.17) is 5.73 Å². The molecule has 5 heteroatoms. The number of carbonyl (C=O) groups excluding carboxylic acids is 2. The summed E-state index contributed by atoms with van der Waals surface area (Å²) in [7, 11) is 0. The highest BCUT2D eigenvalue weighted by Gasteiger charge is 2.08. The molecule has 4 N–H and O–H groups in total. The van der Waals surface area contributed by atoms with Crippen molar-refractivity contribution in [3.8, 4) is 0 Å². The predicted octanol–water partition coefficient (Wildman–Crippen LogP) is 4.79.